The van der Waals surface area contributed by atoms with E-state index in [1.807, 2.05) is 0 Å². The minimum atomic E-state index is -0.949. The van der Waals surface area contributed by atoms with E-state index >= 15 is 0 Å². The highest BCUT2D eigenvalue weighted by molar-refractivity contribution is 5.90. The molecule has 0 amide bonds. The number of ether oxygens (including phenoxy) is 3. The Morgan fingerprint density at radius 1 is 0.480 bits per heavy atom. The molecular formula is C42H72O8. The van der Waals surface area contributed by atoms with Gasteiger partial charge >= 0.3 is 17.9 Å². The minimum absolute atomic E-state index is 0.0426. The van der Waals surface area contributed by atoms with Crippen LogP contribution in [-0.2, 0) is 23.8 Å². The van der Waals surface area contributed by atoms with Crippen LogP contribution < -0.4 is 0 Å². The Morgan fingerprint density at radius 2 is 0.820 bits per heavy atom. The summed E-state index contributed by atoms with van der Waals surface area (Å²) in [5.41, 5.74) is -0.0426. The molecule has 288 valence electrons. The molecule has 1 aromatic rings. The number of carbonyl (C=O) groups is 3. The van der Waals surface area contributed by atoms with Crippen molar-refractivity contribution in [2.24, 2.45) is 0 Å². The topological polar surface area (TPSA) is 119 Å². The lowest BCUT2D eigenvalue weighted by molar-refractivity contribution is -0.161. The molecule has 0 aliphatic carbocycles. The first kappa shape index (κ1) is 45.3. The van der Waals surface area contributed by atoms with Crippen LogP contribution in [0.3, 0.4) is 0 Å². The third-order valence-corrected chi connectivity index (χ3v) is 9.24. The summed E-state index contributed by atoms with van der Waals surface area (Å²) in [5, 5.41) is 19.4. The maximum atomic E-state index is 12.6. The summed E-state index contributed by atoms with van der Waals surface area (Å²) in [7, 11) is 0. The number of esters is 3. The van der Waals surface area contributed by atoms with Crippen molar-refractivity contribution in [1.82, 2.24) is 0 Å². The van der Waals surface area contributed by atoms with Crippen LogP contribution in [0.25, 0.3) is 0 Å². The zero-order valence-electron chi connectivity index (χ0n) is 31.9. The zero-order valence-corrected chi connectivity index (χ0v) is 31.9. The van der Waals surface area contributed by atoms with Gasteiger partial charge in [0, 0.05) is 18.9 Å². The van der Waals surface area contributed by atoms with Gasteiger partial charge in [0.1, 0.15) is 24.7 Å². The Labute approximate surface area is 304 Å². The Kier molecular flexibility index (Phi) is 29.1. The molecule has 8 nitrogen and oxygen atoms in total. The molecule has 1 aromatic carbocycles. The molecule has 8 heteroatoms. The van der Waals surface area contributed by atoms with Crippen LogP contribution in [0.15, 0.2) is 18.2 Å². The summed E-state index contributed by atoms with van der Waals surface area (Å²) in [6.07, 6.45) is 31.3. The number of benzene rings is 1. The molecule has 0 spiro atoms. The van der Waals surface area contributed by atoms with Crippen LogP contribution in [0.1, 0.15) is 204 Å². The minimum Gasteiger partial charge on any atom is -0.508 e. The van der Waals surface area contributed by atoms with Gasteiger partial charge in [-0.25, -0.2) is 4.79 Å². The molecule has 0 aromatic heterocycles. The first-order valence-electron chi connectivity index (χ1n) is 20.4. The summed E-state index contributed by atoms with van der Waals surface area (Å²) in [5.74, 6) is -2.14. The van der Waals surface area contributed by atoms with Gasteiger partial charge in [-0.15, -0.1) is 0 Å². The quantitative estimate of drug-likeness (QED) is 0.0413. The summed E-state index contributed by atoms with van der Waals surface area (Å²) in [6.45, 7) is 3.97. The third kappa shape index (κ3) is 27.0. The Bertz CT molecular complexity index is 974. The fourth-order valence-electron chi connectivity index (χ4n) is 6.16. The van der Waals surface area contributed by atoms with E-state index in [0.29, 0.717) is 12.8 Å². The van der Waals surface area contributed by atoms with Crippen molar-refractivity contribution < 1.29 is 38.8 Å². The van der Waals surface area contributed by atoms with Crippen molar-refractivity contribution in [3.05, 3.63) is 23.8 Å². The van der Waals surface area contributed by atoms with Gasteiger partial charge in [-0.05, 0) is 25.0 Å². The second-order valence-electron chi connectivity index (χ2n) is 14.1. The molecule has 0 bridgehead atoms. The van der Waals surface area contributed by atoms with Crippen molar-refractivity contribution in [2.45, 2.75) is 200 Å². The first-order chi connectivity index (χ1) is 24.3. The highest BCUT2D eigenvalue weighted by Gasteiger charge is 2.20. The molecule has 0 heterocycles. The molecule has 1 atom stereocenters. The van der Waals surface area contributed by atoms with Gasteiger partial charge in [-0.2, -0.15) is 0 Å². The first-order valence-corrected chi connectivity index (χ1v) is 20.4. The van der Waals surface area contributed by atoms with Crippen LogP contribution in [0, 0.1) is 0 Å². The van der Waals surface area contributed by atoms with E-state index in [1.165, 1.54) is 141 Å². The average Bonchev–Trinajstić information content (AvgIpc) is 3.09. The van der Waals surface area contributed by atoms with Gasteiger partial charge in [-0.1, -0.05) is 168 Å². The molecule has 0 saturated heterocycles. The molecule has 0 radical (unpaired) electrons. The summed E-state index contributed by atoms with van der Waals surface area (Å²) in [6, 6.07) is 3.45. The van der Waals surface area contributed by atoms with Crippen LogP contribution in [-0.4, -0.2) is 47.4 Å². The van der Waals surface area contributed by atoms with Crippen molar-refractivity contribution in [1.29, 1.82) is 0 Å². The van der Waals surface area contributed by atoms with Gasteiger partial charge in [0.15, 0.2) is 6.10 Å². The van der Waals surface area contributed by atoms with Crippen molar-refractivity contribution in [3.8, 4) is 11.5 Å². The number of aromatic hydroxyl groups is 2. The second kappa shape index (κ2) is 32.2. The fraction of sp³-hybridized carbons (Fsp3) is 0.786. The molecule has 0 aliphatic rings. The number of hydrogen-bond acceptors (Lipinski definition) is 8. The molecule has 1 rings (SSSR count). The van der Waals surface area contributed by atoms with Gasteiger partial charge in [0.05, 0.1) is 5.56 Å². The van der Waals surface area contributed by atoms with E-state index in [2.05, 4.69) is 13.8 Å². The van der Waals surface area contributed by atoms with E-state index in [9.17, 15) is 24.6 Å². The number of carbonyl (C=O) groups excluding carboxylic acids is 3. The lowest BCUT2D eigenvalue weighted by Gasteiger charge is -2.18. The fourth-order valence-corrected chi connectivity index (χ4v) is 6.16. The zero-order chi connectivity index (χ0) is 36.5. The Morgan fingerprint density at radius 3 is 1.22 bits per heavy atom. The van der Waals surface area contributed by atoms with E-state index in [-0.39, 0.29) is 42.7 Å². The summed E-state index contributed by atoms with van der Waals surface area (Å²) < 4.78 is 16.3. The predicted molar refractivity (Wildman–Crippen MR) is 202 cm³/mol. The molecule has 50 heavy (non-hydrogen) atoms. The highest BCUT2D eigenvalue weighted by Crippen LogP contribution is 2.21. The molecule has 0 saturated carbocycles. The molecule has 0 fully saturated rings. The van der Waals surface area contributed by atoms with E-state index in [4.69, 9.17) is 14.2 Å². The van der Waals surface area contributed by atoms with E-state index in [0.717, 1.165) is 38.2 Å². The van der Waals surface area contributed by atoms with Crippen molar-refractivity contribution in [3.63, 3.8) is 0 Å². The number of unbranched alkanes of at least 4 members (excludes halogenated alkanes) is 24. The molecule has 0 aliphatic heterocycles. The second-order valence-corrected chi connectivity index (χ2v) is 14.1. The highest BCUT2D eigenvalue weighted by atomic mass is 16.6. The Hall–Kier alpha value is -2.77. The maximum absolute atomic E-state index is 12.6. The normalized spacial score (nSPS) is 11.7. The maximum Gasteiger partial charge on any atom is 0.338 e. The lowest BCUT2D eigenvalue weighted by atomic mass is 10.0. The number of rotatable bonds is 34. The molecular weight excluding hydrogens is 632 g/mol. The smallest absolute Gasteiger partial charge is 0.338 e. The molecule has 1 unspecified atom stereocenters. The standard InChI is InChI=1S/C42H72O8/c1-3-5-7-9-11-13-15-17-19-21-23-25-27-29-40(45)48-34-39(35-49-42(47)36-31-37(43)33-38(44)32-36)50-41(46)30-28-26-24-22-20-18-16-14-12-10-8-6-4-2/h31-33,39,43-44H,3-30,34-35H2,1-2H3. The summed E-state index contributed by atoms with van der Waals surface area (Å²) in [4.78, 5) is 37.6. The van der Waals surface area contributed by atoms with Crippen LogP contribution in [0.5, 0.6) is 11.5 Å². The largest absolute Gasteiger partial charge is 0.508 e. The average molecular weight is 705 g/mol. The number of hydrogen-bond donors (Lipinski definition) is 2. The van der Waals surface area contributed by atoms with E-state index < -0.39 is 18.0 Å². The van der Waals surface area contributed by atoms with Gasteiger partial charge in [-0.3, -0.25) is 9.59 Å². The van der Waals surface area contributed by atoms with Crippen LogP contribution in [0.4, 0.5) is 0 Å². The predicted octanol–water partition coefficient (Wildman–Crippen LogP) is 11.7. The third-order valence-electron chi connectivity index (χ3n) is 9.24. The van der Waals surface area contributed by atoms with Crippen LogP contribution >= 0.6 is 0 Å². The van der Waals surface area contributed by atoms with Gasteiger partial charge < -0.3 is 24.4 Å². The van der Waals surface area contributed by atoms with E-state index in [1.54, 1.807) is 0 Å². The summed E-state index contributed by atoms with van der Waals surface area (Å²) >= 11 is 0. The monoisotopic (exact) mass is 705 g/mol. The van der Waals surface area contributed by atoms with Crippen LogP contribution in [0.2, 0.25) is 0 Å². The molecule has 2 N–H and O–H groups in total. The number of phenols is 2. The van der Waals surface area contributed by atoms with Crippen molar-refractivity contribution in [2.75, 3.05) is 13.2 Å². The lowest BCUT2D eigenvalue weighted by Crippen LogP contribution is -2.31. The van der Waals surface area contributed by atoms with Gasteiger partial charge in [0.2, 0.25) is 0 Å². The SMILES string of the molecule is CCCCCCCCCCCCCCCC(=O)OCC(COC(=O)c1cc(O)cc(O)c1)OC(=O)CCCCCCCCCCCCCCC. The van der Waals surface area contributed by atoms with Crippen molar-refractivity contribution >= 4 is 17.9 Å². The van der Waals surface area contributed by atoms with Gasteiger partial charge in [0.25, 0.3) is 0 Å². The number of phenolic OH excluding ortho intramolecular Hbond substituents is 2. The Balaban J connectivity index is 2.32.